The van der Waals surface area contributed by atoms with E-state index in [0.717, 1.165) is 0 Å². The summed E-state index contributed by atoms with van der Waals surface area (Å²) in [5.74, 6) is -1.74. The van der Waals surface area contributed by atoms with Gasteiger partial charge in [0, 0.05) is 0 Å². The Morgan fingerprint density at radius 2 is 2.04 bits per heavy atom. The standard InChI is InChI=1S/C17H22N2O5/c1-3-5-9-13(17(22)23)19-15(20)11-18-16(21)12-8-6-7-10-14(12)24-4-2/h3,6-8,10,13H,1,4-5,9,11H2,2H3,(H,18,21)(H,19,20)(H,22,23). The summed E-state index contributed by atoms with van der Waals surface area (Å²) in [5.41, 5.74) is 0.314. The average molecular weight is 334 g/mol. The number of carboxylic acid groups (broad SMARTS) is 1. The Balaban J connectivity index is 2.58. The molecule has 1 rings (SSSR count). The number of hydrogen-bond acceptors (Lipinski definition) is 4. The van der Waals surface area contributed by atoms with Gasteiger partial charge < -0.3 is 20.5 Å². The third-order valence-corrected chi connectivity index (χ3v) is 3.13. The first-order chi connectivity index (χ1) is 11.5. The fourth-order valence-corrected chi connectivity index (χ4v) is 1.98. The Kier molecular flexibility index (Phi) is 8.04. The fraction of sp³-hybridized carbons (Fsp3) is 0.353. The number of carboxylic acids is 1. The summed E-state index contributed by atoms with van der Waals surface area (Å²) >= 11 is 0. The monoisotopic (exact) mass is 334 g/mol. The molecule has 7 nitrogen and oxygen atoms in total. The number of allylic oxidation sites excluding steroid dienone is 1. The predicted octanol–water partition coefficient (Wildman–Crippen LogP) is 1.35. The van der Waals surface area contributed by atoms with E-state index < -0.39 is 23.8 Å². The van der Waals surface area contributed by atoms with Gasteiger partial charge in [-0.1, -0.05) is 18.2 Å². The third-order valence-electron chi connectivity index (χ3n) is 3.13. The lowest BCUT2D eigenvalue weighted by atomic mass is 10.1. The van der Waals surface area contributed by atoms with Gasteiger partial charge in [-0.3, -0.25) is 9.59 Å². The summed E-state index contributed by atoms with van der Waals surface area (Å²) in [7, 11) is 0. The predicted molar refractivity (Wildman–Crippen MR) is 88.9 cm³/mol. The Morgan fingerprint density at radius 1 is 1.33 bits per heavy atom. The molecule has 0 saturated heterocycles. The second-order valence-electron chi connectivity index (χ2n) is 4.94. The third kappa shape index (κ3) is 6.12. The number of amides is 2. The molecule has 130 valence electrons. The van der Waals surface area contributed by atoms with Crippen molar-refractivity contribution in [1.29, 1.82) is 0 Å². The molecule has 0 saturated carbocycles. The maximum atomic E-state index is 12.1. The van der Waals surface area contributed by atoms with E-state index in [2.05, 4.69) is 17.2 Å². The molecule has 0 spiro atoms. The van der Waals surface area contributed by atoms with Crippen LogP contribution in [0.4, 0.5) is 0 Å². The van der Waals surface area contributed by atoms with E-state index in [4.69, 9.17) is 9.84 Å². The Labute approximate surface area is 140 Å². The summed E-state index contributed by atoms with van der Waals surface area (Å²) in [5, 5.41) is 13.9. The highest BCUT2D eigenvalue weighted by Gasteiger charge is 2.19. The van der Waals surface area contributed by atoms with Crippen LogP contribution in [0.5, 0.6) is 5.75 Å². The minimum atomic E-state index is -1.13. The molecule has 7 heteroatoms. The lowest BCUT2D eigenvalue weighted by Gasteiger charge is -2.14. The van der Waals surface area contributed by atoms with Crippen molar-refractivity contribution in [2.75, 3.05) is 13.2 Å². The summed E-state index contributed by atoms with van der Waals surface area (Å²) in [6, 6.07) is 5.66. The second kappa shape index (κ2) is 10.0. The van der Waals surface area contributed by atoms with E-state index >= 15 is 0 Å². The first-order valence-electron chi connectivity index (χ1n) is 7.62. The number of benzene rings is 1. The lowest BCUT2D eigenvalue weighted by Crippen LogP contribution is -2.45. The SMILES string of the molecule is C=CCCC(NC(=O)CNC(=O)c1ccccc1OCC)C(=O)O. The van der Waals surface area contributed by atoms with Crippen LogP contribution in [0.25, 0.3) is 0 Å². The van der Waals surface area contributed by atoms with Gasteiger partial charge in [-0.05, 0) is 31.9 Å². The maximum absolute atomic E-state index is 12.1. The van der Waals surface area contributed by atoms with Crippen molar-refractivity contribution < 1.29 is 24.2 Å². The number of ether oxygens (including phenoxy) is 1. The van der Waals surface area contributed by atoms with Crippen LogP contribution in [-0.4, -0.2) is 42.1 Å². The number of carbonyl (C=O) groups excluding carboxylic acids is 2. The molecule has 0 aliphatic carbocycles. The molecule has 0 aromatic heterocycles. The van der Waals surface area contributed by atoms with Gasteiger partial charge in [0.25, 0.3) is 5.91 Å². The van der Waals surface area contributed by atoms with E-state index in [1.165, 1.54) is 0 Å². The fourth-order valence-electron chi connectivity index (χ4n) is 1.98. The minimum absolute atomic E-state index is 0.242. The van der Waals surface area contributed by atoms with Gasteiger partial charge in [0.05, 0.1) is 18.7 Å². The van der Waals surface area contributed by atoms with Crippen LogP contribution in [0.2, 0.25) is 0 Å². The van der Waals surface area contributed by atoms with Gasteiger partial charge >= 0.3 is 5.97 Å². The van der Waals surface area contributed by atoms with Crippen LogP contribution < -0.4 is 15.4 Å². The molecule has 0 bridgehead atoms. The van der Waals surface area contributed by atoms with Gasteiger partial charge in [0.1, 0.15) is 11.8 Å². The average Bonchev–Trinajstić information content (AvgIpc) is 2.57. The first-order valence-corrected chi connectivity index (χ1v) is 7.62. The number of hydrogen-bond donors (Lipinski definition) is 3. The van der Waals surface area contributed by atoms with Crippen LogP contribution >= 0.6 is 0 Å². The van der Waals surface area contributed by atoms with Crippen molar-refractivity contribution in [3.63, 3.8) is 0 Å². The number of nitrogens with one attached hydrogen (secondary N) is 2. The smallest absolute Gasteiger partial charge is 0.326 e. The Morgan fingerprint density at radius 3 is 2.67 bits per heavy atom. The highest BCUT2D eigenvalue weighted by molar-refractivity contribution is 5.99. The summed E-state index contributed by atoms with van der Waals surface area (Å²) in [6.45, 7) is 5.40. The number of carbonyl (C=O) groups is 3. The molecular formula is C17H22N2O5. The van der Waals surface area contributed by atoms with Gasteiger partial charge in [-0.15, -0.1) is 6.58 Å². The zero-order valence-electron chi connectivity index (χ0n) is 13.6. The van der Waals surface area contributed by atoms with Gasteiger partial charge in [0.2, 0.25) is 5.91 Å². The summed E-state index contributed by atoms with van der Waals surface area (Å²) in [6.07, 6.45) is 2.28. The van der Waals surface area contributed by atoms with Crippen LogP contribution in [-0.2, 0) is 9.59 Å². The van der Waals surface area contributed by atoms with Crippen LogP contribution in [0, 0.1) is 0 Å². The summed E-state index contributed by atoms with van der Waals surface area (Å²) < 4.78 is 5.36. The van der Waals surface area contributed by atoms with Crippen molar-refractivity contribution in [3.05, 3.63) is 42.5 Å². The molecule has 1 atom stereocenters. The van der Waals surface area contributed by atoms with Gasteiger partial charge in [-0.25, -0.2) is 4.79 Å². The quantitative estimate of drug-likeness (QED) is 0.560. The number of para-hydroxylation sites is 1. The molecule has 1 aromatic rings. The van der Waals surface area contributed by atoms with Crippen molar-refractivity contribution in [1.82, 2.24) is 10.6 Å². The van der Waals surface area contributed by atoms with Crippen LogP contribution in [0.15, 0.2) is 36.9 Å². The molecule has 0 heterocycles. The van der Waals surface area contributed by atoms with Crippen molar-refractivity contribution in [2.45, 2.75) is 25.8 Å². The van der Waals surface area contributed by atoms with Crippen LogP contribution in [0.3, 0.4) is 0 Å². The molecule has 2 amide bonds. The maximum Gasteiger partial charge on any atom is 0.326 e. The van der Waals surface area contributed by atoms with E-state index in [1.807, 2.05) is 0 Å². The second-order valence-corrected chi connectivity index (χ2v) is 4.94. The van der Waals surface area contributed by atoms with E-state index in [0.29, 0.717) is 24.3 Å². The van der Waals surface area contributed by atoms with Crippen molar-refractivity contribution >= 4 is 17.8 Å². The minimum Gasteiger partial charge on any atom is -0.493 e. The molecule has 24 heavy (non-hydrogen) atoms. The number of aliphatic carboxylic acids is 1. The zero-order chi connectivity index (χ0) is 17.9. The molecule has 0 radical (unpaired) electrons. The van der Waals surface area contributed by atoms with E-state index in [-0.39, 0.29) is 13.0 Å². The first kappa shape index (κ1) is 19.2. The molecular weight excluding hydrogens is 312 g/mol. The molecule has 1 unspecified atom stereocenters. The van der Waals surface area contributed by atoms with Crippen LogP contribution in [0.1, 0.15) is 30.1 Å². The van der Waals surface area contributed by atoms with E-state index in [1.54, 1.807) is 37.3 Å². The Hall–Kier alpha value is -2.83. The highest BCUT2D eigenvalue weighted by Crippen LogP contribution is 2.17. The largest absolute Gasteiger partial charge is 0.493 e. The topological polar surface area (TPSA) is 105 Å². The Bertz CT molecular complexity index is 600. The lowest BCUT2D eigenvalue weighted by molar-refractivity contribution is -0.141. The molecule has 0 aliphatic rings. The molecule has 0 aliphatic heterocycles. The van der Waals surface area contributed by atoms with Crippen molar-refractivity contribution in [3.8, 4) is 5.75 Å². The van der Waals surface area contributed by atoms with Gasteiger partial charge in [0.15, 0.2) is 0 Å². The normalized spacial score (nSPS) is 11.2. The summed E-state index contributed by atoms with van der Waals surface area (Å²) in [4.78, 5) is 35.0. The van der Waals surface area contributed by atoms with Crippen molar-refractivity contribution in [2.24, 2.45) is 0 Å². The van der Waals surface area contributed by atoms with Gasteiger partial charge in [-0.2, -0.15) is 0 Å². The molecule has 0 fully saturated rings. The molecule has 3 N–H and O–H groups in total. The highest BCUT2D eigenvalue weighted by atomic mass is 16.5. The molecule has 1 aromatic carbocycles. The zero-order valence-corrected chi connectivity index (χ0v) is 13.6. The van der Waals surface area contributed by atoms with E-state index in [9.17, 15) is 14.4 Å². The number of rotatable bonds is 10.